The van der Waals surface area contributed by atoms with Crippen molar-refractivity contribution in [2.75, 3.05) is 13.1 Å². The van der Waals surface area contributed by atoms with Crippen LogP contribution in [0.1, 0.15) is 0 Å². The minimum atomic E-state index is -1.39. The van der Waals surface area contributed by atoms with Crippen LogP contribution in [0.25, 0.3) is 0 Å². The molecule has 0 bridgehead atoms. The number of aliphatic hydroxyl groups excluding tert-OH is 4. The van der Waals surface area contributed by atoms with Crippen molar-refractivity contribution < 1.29 is 34.6 Å². The van der Waals surface area contributed by atoms with Gasteiger partial charge in [0.2, 0.25) is 0 Å². The maximum atomic E-state index is 10.1. The number of nitrogens with two attached hydrogens (primary N) is 4. The van der Waals surface area contributed by atoms with Crippen LogP contribution in [0.2, 0.25) is 0 Å². The number of hydrogen-bond donors (Lipinski definition) is 8. The first-order chi connectivity index (χ1) is 10.8. The van der Waals surface area contributed by atoms with Crippen molar-refractivity contribution >= 4 is 0 Å². The van der Waals surface area contributed by atoms with Crippen LogP contribution in [0.3, 0.4) is 0 Å². The van der Waals surface area contributed by atoms with Gasteiger partial charge in [0.15, 0.2) is 6.29 Å². The molecule has 12 N–H and O–H groups in total. The second-order valence-corrected chi connectivity index (χ2v) is 5.79. The molecule has 0 unspecified atom stereocenters. The molecule has 136 valence electrons. The molecule has 0 radical (unpaired) electrons. The van der Waals surface area contributed by atoms with Crippen LogP contribution in [0.4, 0.5) is 0 Å². The Labute approximate surface area is 133 Å². The monoisotopic (exact) mass is 338 g/mol. The molecule has 2 fully saturated rings. The van der Waals surface area contributed by atoms with Gasteiger partial charge in [0.05, 0.1) is 6.04 Å². The normalized spacial score (nSPS) is 51.7. The molecule has 10 atom stereocenters. The second-order valence-electron chi connectivity index (χ2n) is 5.79. The highest BCUT2D eigenvalue weighted by atomic mass is 16.7. The van der Waals surface area contributed by atoms with Crippen molar-refractivity contribution in [1.29, 1.82) is 0 Å². The fourth-order valence-corrected chi connectivity index (χ4v) is 2.75. The molecule has 11 heteroatoms. The largest absolute Gasteiger partial charge is 0.388 e. The molecule has 23 heavy (non-hydrogen) atoms. The van der Waals surface area contributed by atoms with Crippen LogP contribution in [0, 0.1) is 0 Å². The standard InChI is InChI=1S/C12H26N4O7/c13-1-3-6(17)7(18)5(15)12(22-3)23-10-4(2-14)21-11(16)9(20)8(10)19/h3-12,17-20H,1-2,13-16H2/t3-,4-,5-,6-,7-,8-,9-,10-,11-,12-/m1/s1. The summed E-state index contributed by atoms with van der Waals surface area (Å²) in [6.45, 7) is -0.0993. The van der Waals surface area contributed by atoms with E-state index in [4.69, 9.17) is 37.1 Å². The zero-order valence-electron chi connectivity index (χ0n) is 12.5. The molecular weight excluding hydrogens is 312 g/mol. The van der Waals surface area contributed by atoms with Gasteiger partial charge in [0.1, 0.15) is 49.0 Å². The van der Waals surface area contributed by atoms with E-state index in [2.05, 4.69) is 0 Å². The van der Waals surface area contributed by atoms with Crippen molar-refractivity contribution in [1.82, 2.24) is 0 Å². The van der Waals surface area contributed by atoms with Gasteiger partial charge in [-0.05, 0) is 0 Å². The van der Waals surface area contributed by atoms with Gasteiger partial charge in [-0.15, -0.1) is 0 Å². The van der Waals surface area contributed by atoms with E-state index in [1.807, 2.05) is 0 Å². The molecule has 0 saturated carbocycles. The van der Waals surface area contributed by atoms with Gasteiger partial charge in [-0.1, -0.05) is 0 Å². The molecule has 2 rings (SSSR count). The van der Waals surface area contributed by atoms with Crippen molar-refractivity contribution in [2.24, 2.45) is 22.9 Å². The molecule has 2 saturated heterocycles. The van der Waals surface area contributed by atoms with Gasteiger partial charge in [-0.25, -0.2) is 0 Å². The van der Waals surface area contributed by atoms with Crippen LogP contribution in [0.5, 0.6) is 0 Å². The maximum Gasteiger partial charge on any atom is 0.176 e. The Balaban J connectivity index is 2.11. The number of rotatable bonds is 4. The second kappa shape index (κ2) is 7.63. The average Bonchev–Trinajstić information content (AvgIpc) is 2.55. The number of hydrogen-bond acceptors (Lipinski definition) is 11. The van der Waals surface area contributed by atoms with Gasteiger partial charge in [0.25, 0.3) is 0 Å². The molecule has 2 heterocycles. The first-order valence-corrected chi connectivity index (χ1v) is 7.41. The molecule has 0 aromatic heterocycles. The van der Waals surface area contributed by atoms with E-state index in [-0.39, 0.29) is 13.1 Å². The van der Waals surface area contributed by atoms with E-state index < -0.39 is 61.3 Å². The number of aliphatic hydroxyl groups is 4. The van der Waals surface area contributed by atoms with Crippen molar-refractivity contribution in [3.63, 3.8) is 0 Å². The Morgan fingerprint density at radius 2 is 1.39 bits per heavy atom. The van der Waals surface area contributed by atoms with E-state index in [0.29, 0.717) is 0 Å². The van der Waals surface area contributed by atoms with E-state index in [0.717, 1.165) is 0 Å². The third kappa shape index (κ3) is 3.65. The summed E-state index contributed by atoms with van der Waals surface area (Å²) in [6, 6.07) is -1.09. The first kappa shape index (κ1) is 18.9. The van der Waals surface area contributed by atoms with Crippen LogP contribution in [-0.4, -0.2) is 94.8 Å². The Hall–Kier alpha value is -0.440. The fraction of sp³-hybridized carbons (Fsp3) is 1.00. The molecule has 0 aromatic rings. The minimum absolute atomic E-state index is 0.0321. The van der Waals surface area contributed by atoms with E-state index in [1.165, 1.54) is 0 Å². The highest BCUT2D eigenvalue weighted by Gasteiger charge is 2.48. The molecule has 0 spiro atoms. The predicted molar refractivity (Wildman–Crippen MR) is 76.5 cm³/mol. The summed E-state index contributed by atoms with van der Waals surface area (Å²) in [7, 11) is 0. The third-order valence-corrected chi connectivity index (χ3v) is 4.23. The SMILES string of the molecule is NC[C@H]1O[C@H](O[C@H]2[C@H](O)[C@@H](O)[C@H](N)O[C@@H]2CN)[C@H](N)[C@@H](O)[C@@H]1O. The minimum Gasteiger partial charge on any atom is -0.388 e. The van der Waals surface area contributed by atoms with Crippen LogP contribution < -0.4 is 22.9 Å². The lowest BCUT2D eigenvalue weighted by atomic mass is 9.95. The zero-order chi connectivity index (χ0) is 17.3. The summed E-state index contributed by atoms with van der Waals surface area (Å²) >= 11 is 0. The lowest BCUT2D eigenvalue weighted by molar-refractivity contribution is -0.312. The Bertz CT molecular complexity index is 388. The Kier molecular flexibility index (Phi) is 6.27. The summed E-state index contributed by atoms with van der Waals surface area (Å²) < 4.78 is 16.3. The average molecular weight is 338 g/mol. The van der Waals surface area contributed by atoms with Gasteiger partial charge >= 0.3 is 0 Å². The molecule has 0 amide bonds. The van der Waals surface area contributed by atoms with Crippen LogP contribution in [-0.2, 0) is 14.2 Å². The van der Waals surface area contributed by atoms with Crippen molar-refractivity contribution in [3.8, 4) is 0 Å². The lowest BCUT2D eigenvalue weighted by Crippen LogP contribution is -2.67. The number of ether oxygens (including phenoxy) is 3. The van der Waals surface area contributed by atoms with Gasteiger partial charge in [-0.2, -0.15) is 0 Å². The highest BCUT2D eigenvalue weighted by molar-refractivity contribution is 4.96. The summed E-state index contributed by atoms with van der Waals surface area (Å²) in [5.74, 6) is 0. The molecule has 2 aliphatic heterocycles. The molecule has 0 aliphatic carbocycles. The third-order valence-electron chi connectivity index (χ3n) is 4.23. The molecule has 11 nitrogen and oxygen atoms in total. The quantitative estimate of drug-likeness (QED) is 0.242. The zero-order valence-corrected chi connectivity index (χ0v) is 12.5. The predicted octanol–water partition coefficient (Wildman–Crippen LogP) is -5.53. The van der Waals surface area contributed by atoms with E-state index >= 15 is 0 Å². The lowest BCUT2D eigenvalue weighted by Gasteiger charge is -2.46. The molecule has 0 aromatic carbocycles. The van der Waals surface area contributed by atoms with Gasteiger partial charge < -0.3 is 57.6 Å². The van der Waals surface area contributed by atoms with Gasteiger partial charge in [0, 0.05) is 13.1 Å². The summed E-state index contributed by atoms with van der Waals surface area (Å²) in [6.07, 6.45) is -10.4. The summed E-state index contributed by atoms with van der Waals surface area (Å²) in [4.78, 5) is 0. The van der Waals surface area contributed by atoms with Crippen LogP contribution >= 0.6 is 0 Å². The Morgan fingerprint density at radius 1 is 0.783 bits per heavy atom. The van der Waals surface area contributed by atoms with Crippen LogP contribution in [0.15, 0.2) is 0 Å². The van der Waals surface area contributed by atoms with E-state index in [1.54, 1.807) is 0 Å². The highest BCUT2D eigenvalue weighted by Crippen LogP contribution is 2.27. The van der Waals surface area contributed by atoms with Crippen molar-refractivity contribution in [2.45, 2.75) is 61.3 Å². The smallest absolute Gasteiger partial charge is 0.176 e. The van der Waals surface area contributed by atoms with Gasteiger partial charge in [-0.3, -0.25) is 0 Å². The maximum absolute atomic E-state index is 10.1. The molecule has 2 aliphatic rings. The first-order valence-electron chi connectivity index (χ1n) is 7.41. The summed E-state index contributed by atoms with van der Waals surface area (Å²) in [5.41, 5.74) is 22.4. The van der Waals surface area contributed by atoms with Crippen molar-refractivity contribution in [3.05, 3.63) is 0 Å². The molecular formula is C12H26N4O7. The summed E-state index contributed by atoms with van der Waals surface area (Å²) in [5, 5.41) is 39.7. The Morgan fingerprint density at radius 3 is 1.96 bits per heavy atom. The van der Waals surface area contributed by atoms with E-state index in [9.17, 15) is 20.4 Å². The fourth-order valence-electron chi connectivity index (χ4n) is 2.75. The topological polar surface area (TPSA) is 213 Å².